The third kappa shape index (κ3) is 7.90. The lowest BCUT2D eigenvalue weighted by atomic mass is 9.76. The lowest BCUT2D eigenvalue weighted by molar-refractivity contribution is -0.153. The number of carboxylic acids is 1. The molecule has 1 aliphatic heterocycles. The summed E-state index contributed by atoms with van der Waals surface area (Å²) in [6, 6.07) is 14.8. The SMILES string of the molecule is COc1ccc2c(OC3C[C@@H](C(=O)NC4(C(=O)O)CCC4)N(C(=O)[C@@H](NC(=O)OC(C)(C)C)C(C)(C)C)C3)cc(-c3ccccc3)nc2c1. The van der Waals surface area contributed by atoms with Gasteiger partial charge in [0.1, 0.15) is 40.8 Å². The number of amides is 3. The summed E-state index contributed by atoms with van der Waals surface area (Å²) >= 11 is 0. The van der Waals surface area contributed by atoms with Gasteiger partial charge in [-0.1, -0.05) is 51.1 Å². The Kier molecular flexibility index (Phi) is 9.81. The minimum atomic E-state index is -1.38. The molecule has 0 radical (unpaired) electrons. The number of rotatable bonds is 9. The van der Waals surface area contributed by atoms with Crippen LogP contribution in [0.15, 0.2) is 54.6 Å². The van der Waals surface area contributed by atoms with Gasteiger partial charge in [0.15, 0.2) is 0 Å². The number of aliphatic carboxylic acids is 1. The van der Waals surface area contributed by atoms with E-state index in [-0.39, 0.29) is 13.0 Å². The van der Waals surface area contributed by atoms with E-state index in [0.29, 0.717) is 47.4 Å². The number of hydrogen-bond donors (Lipinski definition) is 3. The Morgan fingerprint density at radius 1 is 1.00 bits per heavy atom. The van der Waals surface area contributed by atoms with Crippen LogP contribution in [0.1, 0.15) is 67.2 Å². The Balaban J connectivity index is 1.50. The number of carbonyl (C=O) groups is 4. The van der Waals surface area contributed by atoms with Gasteiger partial charge < -0.3 is 34.9 Å². The Labute approximate surface area is 286 Å². The average Bonchev–Trinajstić information content (AvgIpc) is 3.43. The van der Waals surface area contributed by atoms with Crippen molar-refractivity contribution in [3.63, 3.8) is 0 Å². The number of nitrogens with zero attached hydrogens (tertiary/aromatic N) is 2. The molecule has 2 heterocycles. The number of aromatic nitrogens is 1. The highest BCUT2D eigenvalue weighted by atomic mass is 16.6. The fourth-order valence-electron chi connectivity index (χ4n) is 6.19. The summed E-state index contributed by atoms with van der Waals surface area (Å²) < 4.78 is 17.5. The number of alkyl carbamates (subject to hydrolysis) is 1. The van der Waals surface area contributed by atoms with Crippen LogP contribution in [0.4, 0.5) is 4.79 Å². The number of hydrogen-bond acceptors (Lipinski definition) is 8. The van der Waals surface area contributed by atoms with Crippen LogP contribution in [-0.4, -0.2) is 81.8 Å². The standard InChI is InChI=1S/C37H46N4O8/c1-35(2,3)30(39-34(46)49-36(4,5)6)32(43)41-21-24(19-28(41)31(42)40-37(33(44)45)16-11-17-37)48-29-20-26(22-12-9-8-10-13-22)38-27-18-23(47-7)14-15-25(27)29/h8-10,12-15,18,20,24,28,30H,11,16-17,19,21H2,1-7H3,(H,39,46)(H,40,42)(H,44,45)/t24?,28-,30+/m0/s1. The number of methoxy groups -OCH3 is 1. The van der Waals surface area contributed by atoms with Crippen molar-refractivity contribution in [2.24, 2.45) is 5.41 Å². The number of benzene rings is 2. The van der Waals surface area contributed by atoms with Gasteiger partial charge in [-0.15, -0.1) is 0 Å². The summed E-state index contributed by atoms with van der Waals surface area (Å²) in [6.45, 7) is 10.6. The Hall–Kier alpha value is -4.87. The molecule has 1 aliphatic carbocycles. The van der Waals surface area contributed by atoms with Gasteiger partial charge in [-0.3, -0.25) is 9.59 Å². The zero-order valence-corrected chi connectivity index (χ0v) is 29.2. The first-order chi connectivity index (χ1) is 23.0. The predicted octanol–water partition coefficient (Wildman–Crippen LogP) is 5.32. The highest BCUT2D eigenvalue weighted by Gasteiger charge is 2.51. The van der Waals surface area contributed by atoms with E-state index in [0.717, 1.165) is 5.56 Å². The predicted molar refractivity (Wildman–Crippen MR) is 183 cm³/mol. The minimum absolute atomic E-state index is 0.0141. The second-order valence-electron chi connectivity index (χ2n) is 14.9. The van der Waals surface area contributed by atoms with Crippen LogP contribution in [0, 0.1) is 5.41 Å². The molecule has 1 unspecified atom stereocenters. The van der Waals surface area contributed by atoms with Crippen molar-refractivity contribution in [2.45, 2.75) is 96.6 Å². The smallest absolute Gasteiger partial charge is 0.408 e. The fourth-order valence-corrected chi connectivity index (χ4v) is 6.19. The van der Waals surface area contributed by atoms with Crippen molar-refractivity contribution >= 4 is 34.8 Å². The first-order valence-electron chi connectivity index (χ1n) is 16.6. The van der Waals surface area contributed by atoms with Crippen molar-refractivity contribution in [1.29, 1.82) is 0 Å². The number of nitrogens with one attached hydrogen (secondary N) is 2. The van der Waals surface area contributed by atoms with Gasteiger partial charge in [0.25, 0.3) is 0 Å². The maximum Gasteiger partial charge on any atom is 0.408 e. The van der Waals surface area contributed by atoms with E-state index in [1.54, 1.807) is 33.9 Å². The summed E-state index contributed by atoms with van der Waals surface area (Å²) in [6.07, 6.45) is -0.0542. The van der Waals surface area contributed by atoms with Crippen molar-refractivity contribution in [3.05, 3.63) is 54.6 Å². The van der Waals surface area contributed by atoms with E-state index in [4.69, 9.17) is 19.2 Å². The molecule has 1 saturated heterocycles. The maximum absolute atomic E-state index is 14.4. The van der Waals surface area contributed by atoms with Crippen molar-refractivity contribution in [3.8, 4) is 22.8 Å². The second kappa shape index (κ2) is 13.6. The van der Waals surface area contributed by atoms with Crippen LogP contribution >= 0.6 is 0 Å². The molecule has 3 aromatic rings. The third-order valence-electron chi connectivity index (χ3n) is 8.94. The topological polar surface area (TPSA) is 156 Å². The summed E-state index contributed by atoms with van der Waals surface area (Å²) in [5, 5.41) is 16.1. The van der Waals surface area contributed by atoms with Crippen LogP contribution < -0.4 is 20.1 Å². The molecule has 3 atom stereocenters. The number of carbonyl (C=O) groups excluding carboxylic acids is 3. The molecule has 3 N–H and O–H groups in total. The molecule has 3 amide bonds. The molecule has 5 rings (SSSR count). The van der Waals surface area contributed by atoms with Gasteiger partial charge in [0, 0.05) is 29.5 Å². The van der Waals surface area contributed by atoms with Crippen molar-refractivity contribution in [1.82, 2.24) is 20.5 Å². The van der Waals surface area contributed by atoms with Crippen LogP contribution in [0.3, 0.4) is 0 Å². The average molecular weight is 675 g/mol. The van der Waals surface area contributed by atoms with Crippen LogP contribution in [0.5, 0.6) is 11.5 Å². The van der Waals surface area contributed by atoms with Gasteiger partial charge in [-0.2, -0.15) is 0 Å². The Morgan fingerprint density at radius 2 is 1.69 bits per heavy atom. The van der Waals surface area contributed by atoms with E-state index < -0.39 is 58.6 Å². The number of likely N-dealkylation sites (tertiary alicyclic amines) is 1. The highest BCUT2D eigenvalue weighted by Crippen LogP contribution is 2.37. The molecule has 49 heavy (non-hydrogen) atoms. The van der Waals surface area contributed by atoms with E-state index in [1.165, 1.54) is 4.90 Å². The molecule has 2 aliphatic rings. The molecular weight excluding hydrogens is 628 g/mol. The minimum Gasteiger partial charge on any atom is -0.497 e. The molecule has 1 aromatic heterocycles. The molecule has 262 valence electrons. The zero-order chi connectivity index (χ0) is 35.7. The maximum atomic E-state index is 14.4. The molecule has 1 saturated carbocycles. The molecule has 0 spiro atoms. The molecular formula is C37H46N4O8. The fraction of sp³-hybridized carbons (Fsp3) is 0.486. The first-order valence-corrected chi connectivity index (χ1v) is 16.6. The summed E-state index contributed by atoms with van der Waals surface area (Å²) in [4.78, 5) is 59.6. The van der Waals surface area contributed by atoms with Gasteiger partial charge in [0.05, 0.1) is 24.9 Å². The summed E-state index contributed by atoms with van der Waals surface area (Å²) in [5.74, 6) is -1.07. The van der Waals surface area contributed by atoms with Gasteiger partial charge in [-0.25, -0.2) is 14.6 Å². The van der Waals surface area contributed by atoms with Crippen LogP contribution in [0.2, 0.25) is 0 Å². The Morgan fingerprint density at radius 3 is 2.27 bits per heavy atom. The number of pyridine rings is 1. The Bertz CT molecular complexity index is 1730. The lowest BCUT2D eigenvalue weighted by Gasteiger charge is -2.40. The molecule has 2 aromatic carbocycles. The molecule has 12 heteroatoms. The molecule has 12 nitrogen and oxygen atoms in total. The van der Waals surface area contributed by atoms with E-state index in [9.17, 15) is 24.3 Å². The van der Waals surface area contributed by atoms with E-state index in [2.05, 4.69) is 10.6 Å². The normalized spacial score (nSPS) is 19.4. The lowest BCUT2D eigenvalue weighted by Crippen LogP contribution is -2.63. The quantitative estimate of drug-likeness (QED) is 0.273. The monoisotopic (exact) mass is 674 g/mol. The summed E-state index contributed by atoms with van der Waals surface area (Å²) in [5.41, 5.74) is -0.770. The molecule has 0 bridgehead atoms. The van der Waals surface area contributed by atoms with Crippen LogP contribution in [-0.2, 0) is 19.1 Å². The summed E-state index contributed by atoms with van der Waals surface area (Å²) in [7, 11) is 1.58. The third-order valence-corrected chi connectivity index (χ3v) is 8.94. The number of ether oxygens (including phenoxy) is 3. The highest BCUT2D eigenvalue weighted by molar-refractivity contribution is 5.95. The van der Waals surface area contributed by atoms with Gasteiger partial charge >= 0.3 is 12.1 Å². The largest absolute Gasteiger partial charge is 0.497 e. The van der Waals surface area contributed by atoms with Gasteiger partial charge in [-0.05, 0) is 57.6 Å². The number of carboxylic acid groups (broad SMARTS) is 1. The van der Waals surface area contributed by atoms with E-state index in [1.807, 2.05) is 69.3 Å². The van der Waals surface area contributed by atoms with Crippen molar-refractivity contribution < 1.29 is 38.5 Å². The van der Waals surface area contributed by atoms with Gasteiger partial charge in [0.2, 0.25) is 11.8 Å². The van der Waals surface area contributed by atoms with Crippen molar-refractivity contribution in [2.75, 3.05) is 13.7 Å². The number of fused-ring (bicyclic) bond motifs is 1. The van der Waals surface area contributed by atoms with E-state index >= 15 is 0 Å². The first kappa shape index (κ1) is 35.4. The molecule has 2 fully saturated rings. The van der Waals surface area contributed by atoms with Crippen LogP contribution in [0.25, 0.3) is 22.2 Å². The second-order valence-corrected chi connectivity index (χ2v) is 14.9. The zero-order valence-electron chi connectivity index (χ0n) is 29.2.